The lowest BCUT2D eigenvalue weighted by molar-refractivity contribution is -0.160. The molecule has 0 radical (unpaired) electrons. The summed E-state index contributed by atoms with van der Waals surface area (Å²) in [4.78, 5) is 23.8. The smallest absolute Gasteiger partial charge is 0.336 e. The average Bonchev–Trinajstić information content (AvgIpc) is 3.10. The van der Waals surface area contributed by atoms with Crippen molar-refractivity contribution < 1.29 is 28.2 Å². The minimum atomic E-state index is -1.36. The Kier molecular flexibility index (Phi) is 5.29. The molecule has 3 rings (SSSR count). The van der Waals surface area contributed by atoms with Gasteiger partial charge in [0.2, 0.25) is 5.75 Å². The number of hydrogen-bond donors (Lipinski definition) is 1. The summed E-state index contributed by atoms with van der Waals surface area (Å²) in [6.07, 6.45) is 2.15. The van der Waals surface area contributed by atoms with Crippen LogP contribution in [0.15, 0.2) is 55.8 Å². The van der Waals surface area contributed by atoms with Crippen molar-refractivity contribution in [3.05, 3.63) is 52.6 Å². The topological polar surface area (TPSA) is 99.1 Å². The zero-order valence-electron chi connectivity index (χ0n) is 16.1. The summed E-state index contributed by atoms with van der Waals surface area (Å²) in [5.74, 6) is -0.339. The van der Waals surface area contributed by atoms with E-state index in [9.17, 15) is 14.7 Å². The van der Waals surface area contributed by atoms with E-state index in [-0.39, 0.29) is 17.9 Å². The van der Waals surface area contributed by atoms with Gasteiger partial charge in [-0.1, -0.05) is 6.08 Å². The van der Waals surface area contributed by atoms with Crippen molar-refractivity contribution in [1.29, 1.82) is 0 Å². The lowest BCUT2D eigenvalue weighted by atomic mass is 10.0. The fourth-order valence-electron chi connectivity index (χ4n) is 2.62. The molecule has 7 heteroatoms. The number of carbonyl (C=O) groups excluding carboxylic acids is 1. The maximum Gasteiger partial charge on any atom is 0.336 e. The summed E-state index contributed by atoms with van der Waals surface area (Å²) in [6.45, 7) is 6.21. The predicted molar refractivity (Wildman–Crippen MR) is 103 cm³/mol. The Balaban J connectivity index is 1.97. The Hall–Kier alpha value is -3.06. The number of carbonyl (C=O) groups is 1. The number of benzene rings is 1. The van der Waals surface area contributed by atoms with Gasteiger partial charge in [0.1, 0.15) is 6.61 Å². The van der Waals surface area contributed by atoms with E-state index >= 15 is 0 Å². The van der Waals surface area contributed by atoms with Gasteiger partial charge < -0.3 is 23.4 Å². The summed E-state index contributed by atoms with van der Waals surface area (Å²) < 4.78 is 22.1. The van der Waals surface area contributed by atoms with E-state index in [1.807, 2.05) is 6.07 Å². The van der Waals surface area contributed by atoms with Gasteiger partial charge in [0.25, 0.3) is 0 Å². The zero-order valence-corrected chi connectivity index (χ0v) is 16.1. The molecule has 0 aliphatic rings. The molecule has 3 aromatic rings. The van der Waals surface area contributed by atoms with Crippen LogP contribution in [0.2, 0.25) is 0 Å². The van der Waals surface area contributed by atoms with Gasteiger partial charge in [-0.3, -0.25) is 0 Å². The number of aliphatic hydroxyl groups is 1. The normalized spacial score (nSPS) is 13.7. The molecule has 0 saturated heterocycles. The summed E-state index contributed by atoms with van der Waals surface area (Å²) in [6, 6.07) is 6.52. The summed E-state index contributed by atoms with van der Waals surface area (Å²) >= 11 is 0. The van der Waals surface area contributed by atoms with Gasteiger partial charge in [-0.2, -0.15) is 0 Å². The molecule has 2 aromatic heterocycles. The third kappa shape index (κ3) is 3.94. The maximum absolute atomic E-state index is 12.1. The van der Waals surface area contributed by atoms with Crippen molar-refractivity contribution in [2.75, 3.05) is 6.61 Å². The highest BCUT2D eigenvalue weighted by Crippen LogP contribution is 2.35. The minimum Gasteiger partial charge on any atom is -0.482 e. The maximum atomic E-state index is 12.1. The van der Waals surface area contributed by atoms with Crippen LogP contribution in [0, 0.1) is 0 Å². The van der Waals surface area contributed by atoms with Crippen LogP contribution < -0.4 is 10.4 Å². The van der Waals surface area contributed by atoms with Crippen molar-refractivity contribution in [1.82, 2.24) is 0 Å². The van der Waals surface area contributed by atoms with Crippen LogP contribution in [0.3, 0.4) is 0 Å². The third-order valence-corrected chi connectivity index (χ3v) is 4.45. The van der Waals surface area contributed by atoms with Crippen LogP contribution in [0.25, 0.3) is 21.9 Å². The van der Waals surface area contributed by atoms with Crippen LogP contribution in [-0.2, 0) is 9.53 Å². The number of allylic oxidation sites excluding steroid dienone is 1. The fourth-order valence-corrected chi connectivity index (χ4v) is 2.62. The first-order valence-corrected chi connectivity index (χ1v) is 8.84. The highest BCUT2D eigenvalue weighted by atomic mass is 16.6. The molecule has 0 aliphatic heterocycles. The van der Waals surface area contributed by atoms with Gasteiger partial charge >= 0.3 is 11.6 Å². The van der Waals surface area contributed by atoms with Crippen molar-refractivity contribution in [3.63, 3.8) is 0 Å². The molecule has 0 amide bonds. The van der Waals surface area contributed by atoms with E-state index in [4.69, 9.17) is 18.3 Å². The summed E-state index contributed by atoms with van der Waals surface area (Å²) in [5.41, 5.74) is -0.860. The molecule has 0 fully saturated rings. The van der Waals surface area contributed by atoms with Crippen LogP contribution in [0.1, 0.15) is 27.7 Å². The molecule has 7 nitrogen and oxygen atoms in total. The fraction of sp³-hybridized carbons (Fsp3) is 0.333. The first kappa shape index (κ1) is 19.7. The predicted octanol–water partition coefficient (Wildman–Crippen LogP) is 3.57. The zero-order chi connectivity index (χ0) is 20.5. The van der Waals surface area contributed by atoms with Crippen LogP contribution in [-0.4, -0.2) is 29.4 Å². The first-order chi connectivity index (χ1) is 13.2. The van der Waals surface area contributed by atoms with Gasteiger partial charge in [-0.15, -0.1) is 0 Å². The Morgan fingerprint density at radius 1 is 1.25 bits per heavy atom. The van der Waals surface area contributed by atoms with E-state index in [0.717, 1.165) is 5.39 Å². The molecule has 0 bridgehead atoms. The molecule has 2 heterocycles. The molecule has 1 aromatic carbocycles. The van der Waals surface area contributed by atoms with Crippen molar-refractivity contribution in [2.45, 2.75) is 39.4 Å². The second kappa shape index (κ2) is 7.52. The van der Waals surface area contributed by atoms with Gasteiger partial charge in [0, 0.05) is 22.4 Å². The first-order valence-electron chi connectivity index (χ1n) is 8.84. The Bertz CT molecular complexity index is 1100. The van der Waals surface area contributed by atoms with Gasteiger partial charge in [-0.25, -0.2) is 9.59 Å². The van der Waals surface area contributed by atoms with E-state index in [1.165, 1.54) is 26.2 Å². The number of fused-ring (bicyclic) bond motifs is 2. The lowest BCUT2D eigenvalue weighted by Crippen LogP contribution is -2.44. The van der Waals surface area contributed by atoms with Gasteiger partial charge in [-0.05, 0) is 45.9 Å². The summed E-state index contributed by atoms with van der Waals surface area (Å²) in [5, 5.41) is 11.8. The monoisotopic (exact) mass is 386 g/mol. The highest BCUT2D eigenvalue weighted by Gasteiger charge is 2.32. The highest BCUT2D eigenvalue weighted by molar-refractivity contribution is 5.99. The average molecular weight is 386 g/mol. The molecule has 1 atom stereocenters. The SMILES string of the molecule is C/C=C(/C)C(=O)O[C@@H](COc1c2occc2cc2ccc(=O)oc12)C(C)(C)O. The molecule has 0 unspecified atom stereocenters. The number of furan rings is 1. The number of hydrogen-bond acceptors (Lipinski definition) is 7. The lowest BCUT2D eigenvalue weighted by Gasteiger charge is -2.29. The van der Waals surface area contributed by atoms with Crippen LogP contribution in [0.5, 0.6) is 5.75 Å². The Morgan fingerprint density at radius 3 is 2.64 bits per heavy atom. The molecule has 28 heavy (non-hydrogen) atoms. The number of ether oxygens (including phenoxy) is 2. The van der Waals surface area contributed by atoms with Crippen LogP contribution >= 0.6 is 0 Å². The quantitative estimate of drug-likeness (QED) is 0.393. The van der Waals surface area contributed by atoms with E-state index < -0.39 is 23.3 Å². The molecular weight excluding hydrogens is 364 g/mol. The number of esters is 1. The van der Waals surface area contributed by atoms with Gasteiger partial charge in [0.05, 0.1) is 11.9 Å². The molecule has 148 valence electrons. The molecule has 1 N–H and O–H groups in total. The molecule has 0 saturated carbocycles. The van der Waals surface area contributed by atoms with Crippen LogP contribution in [0.4, 0.5) is 0 Å². The van der Waals surface area contributed by atoms with Crippen molar-refractivity contribution >= 4 is 27.9 Å². The van der Waals surface area contributed by atoms with Gasteiger partial charge in [0.15, 0.2) is 17.3 Å². The van der Waals surface area contributed by atoms with Crippen molar-refractivity contribution in [2.24, 2.45) is 0 Å². The summed E-state index contributed by atoms with van der Waals surface area (Å²) in [7, 11) is 0. The molecule has 0 aliphatic carbocycles. The van der Waals surface area contributed by atoms with E-state index in [1.54, 1.807) is 32.1 Å². The second-order valence-corrected chi connectivity index (χ2v) is 7.05. The minimum absolute atomic E-state index is 0.167. The Morgan fingerprint density at radius 2 is 1.96 bits per heavy atom. The second-order valence-electron chi connectivity index (χ2n) is 7.05. The number of rotatable bonds is 6. The molecular formula is C21H22O7. The van der Waals surface area contributed by atoms with E-state index in [0.29, 0.717) is 16.5 Å². The molecule has 0 spiro atoms. The van der Waals surface area contributed by atoms with Crippen molar-refractivity contribution in [3.8, 4) is 5.75 Å². The van der Waals surface area contributed by atoms with E-state index in [2.05, 4.69) is 0 Å². The Labute approximate surface area is 161 Å². The largest absolute Gasteiger partial charge is 0.482 e. The third-order valence-electron chi connectivity index (χ3n) is 4.45. The standard InChI is InChI=1S/C21H22O7/c1-5-12(2)20(23)27-15(21(3,4)24)11-26-19-17-14(8-9-25-17)10-13-6-7-16(22)28-18(13)19/h5-10,15,24H,11H2,1-4H3/b12-5-/t15-/m0/s1.